The molecule has 0 bridgehead atoms. The molecule has 1 N–H and O–H groups in total. The molecule has 1 heterocycles. The smallest absolute Gasteiger partial charge is 0.224 e. The lowest BCUT2D eigenvalue weighted by Gasteiger charge is -2.06. The first kappa shape index (κ1) is 16.6. The first-order valence-electron chi connectivity index (χ1n) is 7.02. The van der Waals surface area contributed by atoms with E-state index in [-0.39, 0.29) is 16.6 Å². The van der Waals surface area contributed by atoms with Crippen molar-refractivity contribution in [3.05, 3.63) is 40.8 Å². The van der Waals surface area contributed by atoms with Gasteiger partial charge in [-0.25, -0.2) is 13.4 Å². The van der Waals surface area contributed by atoms with Crippen LogP contribution in [0.1, 0.15) is 31.2 Å². The van der Waals surface area contributed by atoms with Crippen molar-refractivity contribution in [2.24, 2.45) is 0 Å². The molecular formula is C15H18N2O3S2. The SMILES string of the molecule is CCCCC(=O)Nc1ccc(S(=O)(=O)Cc2nccs2)cc1. The van der Waals surface area contributed by atoms with E-state index in [0.717, 1.165) is 12.8 Å². The number of hydrogen-bond donors (Lipinski definition) is 1. The highest BCUT2D eigenvalue weighted by Crippen LogP contribution is 2.20. The molecule has 1 aromatic heterocycles. The van der Waals surface area contributed by atoms with Crippen LogP contribution in [0.3, 0.4) is 0 Å². The molecule has 2 rings (SSSR count). The number of rotatable bonds is 7. The van der Waals surface area contributed by atoms with Gasteiger partial charge in [0.05, 0.1) is 4.90 Å². The zero-order valence-electron chi connectivity index (χ0n) is 12.3. The molecule has 0 aliphatic rings. The highest BCUT2D eigenvalue weighted by molar-refractivity contribution is 7.90. The zero-order valence-corrected chi connectivity index (χ0v) is 13.9. The van der Waals surface area contributed by atoms with Gasteiger partial charge >= 0.3 is 0 Å². The molecule has 0 spiro atoms. The fraction of sp³-hybridized carbons (Fsp3) is 0.333. The van der Waals surface area contributed by atoms with Crippen LogP contribution in [0, 0.1) is 0 Å². The average Bonchev–Trinajstić information content (AvgIpc) is 2.98. The lowest BCUT2D eigenvalue weighted by atomic mass is 10.2. The van der Waals surface area contributed by atoms with E-state index in [1.807, 2.05) is 6.92 Å². The van der Waals surface area contributed by atoms with Crippen molar-refractivity contribution in [1.82, 2.24) is 4.98 Å². The summed E-state index contributed by atoms with van der Waals surface area (Å²) in [4.78, 5) is 15.9. The van der Waals surface area contributed by atoms with Gasteiger partial charge in [0.1, 0.15) is 10.8 Å². The number of thiazole rings is 1. The van der Waals surface area contributed by atoms with Crippen molar-refractivity contribution < 1.29 is 13.2 Å². The minimum Gasteiger partial charge on any atom is -0.326 e. The van der Waals surface area contributed by atoms with Crippen molar-refractivity contribution in [3.63, 3.8) is 0 Å². The van der Waals surface area contributed by atoms with Crippen molar-refractivity contribution in [2.75, 3.05) is 5.32 Å². The van der Waals surface area contributed by atoms with Gasteiger partial charge in [-0.05, 0) is 30.7 Å². The maximum absolute atomic E-state index is 12.3. The molecule has 0 aliphatic carbocycles. The summed E-state index contributed by atoms with van der Waals surface area (Å²) in [5.41, 5.74) is 0.606. The van der Waals surface area contributed by atoms with Crippen molar-refractivity contribution in [3.8, 4) is 0 Å². The van der Waals surface area contributed by atoms with Gasteiger partial charge in [-0.2, -0.15) is 0 Å². The van der Waals surface area contributed by atoms with Crippen LogP contribution in [0.2, 0.25) is 0 Å². The first-order valence-corrected chi connectivity index (χ1v) is 9.55. The molecule has 0 saturated carbocycles. The number of unbranched alkanes of at least 4 members (excludes halogenated alkanes) is 1. The zero-order chi connectivity index (χ0) is 16.0. The number of nitrogens with zero attached hydrogens (tertiary/aromatic N) is 1. The van der Waals surface area contributed by atoms with Crippen molar-refractivity contribution in [2.45, 2.75) is 36.8 Å². The summed E-state index contributed by atoms with van der Waals surface area (Å²) in [7, 11) is -3.41. The third kappa shape index (κ3) is 4.64. The Balaban J connectivity index is 2.03. The Morgan fingerprint density at radius 1 is 1.27 bits per heavy atom. The largest absolute Gasteiger partial charge is 0.326 e. The molecule has 0 radical (unpaired) electrons. The molecule has 7 heteroatoms. The van der Waals surface area contributed by atoms with E-state index in [1.165, 1.54) is 23.5 Å². The Kier molecular flexibility index (Phi) is 5.68. The van der Waals surface area contributed by atoms with Crippen molar-refractivity contribution in [1.29, 1.82) is 0 Å². The number of amides is 1. The quantitative estimate of drug-likeness (QED) is 0.841. The monoisotopic (exact) mass is 338 g/mol. The predicted molar refractivity (Wildman–Crippen MR) is 87.6 cm³/mol. The van der Waals surface area contributed by atoms with Crippen LogP contribution < -0.4 is 5.32 Å². The Labute approximate surface area is 134 Å². The van der Waals surface area contributed by atoms with Gasteiger partial charge in [-0.1, -0.05) is 13.3 Å². The summed E-state index contributed by atoms with van der Waals surface area (Å²) >= 11 is 1.32. The topological polar surface area (TPSA) is 76.1 Å². The van der Waals surface area contributed by atoms with Crippen LogP contribution in [0.5, 0.6) is 0 Å². The summed E-state index contributed by atoms with van der Waals surface area (Å²) in [6, 6.07) is 6.24. The van der Waals surface area contributed by atoms with Gasteiger partial charge in [0.2, 0.25) is 5.91 Å². The van der Waals surface area contributed by atoms with Crippen LogP contribution in [0.4, 0.5) is 5.69 Å². The molecule has 1 aromatic carbocycles. The molecule has 0 unspecified atom stereocenters. The van der Waals surface area contributed by atoms with E-state index in [2.05, 4.69) is 10.3 Å². The Hall–Kier alpha value is -1.73. The molecule has 0 aliphatic heterocycles. The minimum absolute atomic E-state index is 0.0553. The third-order valence-electron chi connectivity index (χ3n) is 3.05. The van der Waals surface area contributed by atoms with Crippen LogP contribution >= 0.6 is 11.3 Å². The molecule has 5 nitrogen and oxygen atoms in total. The fourth-order valence-corrected chi connectivity index (χ4v) is 4.13. The van der Waals surface area contributed by atoms with Gasteiger partial charge in [0.25, 0.3) is 0 Å². The summed E-state index contributed by atoms with van der Waals surface area (Å²) in [6.07, 6.45) is 3.86. The molecule has 1 amide bonds. The van der Waals surface area contributed by atoms with Gasteiger partial charge in [0, 0.05) is 23.7 Å². The number of benzene rings is 1. The number of sulfone groups is 1. The summed E-state index contributed by atoms with van der Waals surface area (Å²) in [6.45, 7) is 2.02. The standard InChI is InChI=1S/C15H18N2O3S2/c1-2-3-4-14(18)17-12-5-7-13(8-6-12)22(19,20)11-15-16-9-10-21-15/h5-10H,2-4,11H2,1H3,(H,17,18). The van der Waals surface area contributed by atoms with Crippen LogP contribution in [-0.4, -0.2) is 19.3 Å². The number of hydrogen-bond acceptors (Lipinski definition) is 5. The van der Waals surface area contributed by atoms with Crippen molar-refractivity contribution >= 4 is 32.8 Å². The Morgan fingerprint density at radius 3 is 2.59 bits per heavy atom. The second-order valence-electron chi connectivity index (χ2n) is 4.86. The second kappa shape index (κ2) is 7.51. The second-order valence-corrected chi connectivity index (χ2v) is 7.83. The van der Waals surface area contributed by atoms with Crippen LogP contribution in [0.15, 0.2) is 40.7 Å². The number of carbonyl (C=O) groups excluding carboxylic acids is 1. The lowest BCUT2D eigenvalue weighted by molar-refractivity contribution is -0.116. The van der Waals surface area contributed by atoms with Crippen LogP contribution in [-0.2, 0) is 20.4 Å². The van der Waals surface area contributed by atoms with Gasteiger partial charge in [0.15, 0.2) is 9.84 Å². The molecule has 118 valence electrons. The minimum atomic E-state index is -3.41. The lowest BCUT2D eigenvalue weighted by Crippen LogP contribution is -2.11. The third-order valence-corrected chi connectivity index (χ3v) is 5.66. The highest BCUT2D eigenvalue weighted by Gasteiger charge is 2.16. The number of carbonyl (C=O) groups is 1. The molecule has 2 aromatic rings. The number of aromatic nitrogens is 1. The molecular weight excluding hydrogens is 320 g/mol. The molecule has 0 atom stereocenters. The summed E-state index contributed by atoms with van der Waals surface area (Å²) in [5.74, 6) is -0.160. The predicted octanol–water partition coefficient (Wildman–Crippen LogP) is 3.25. The van der Waals surface area contributed by atoms with Gasteiger partial charge in [-0.3, -0.25) is 4.79 Å². The Bertz CT molecular complexity index is 708. The normalized spacial score (nSPS) is 11.3. The van der Waals surface area contributed by atoms with E-state index in [0.29, 0.717) is 17.1 Å². The van der Waals surface area contributed by atoms with E-state index in [1.54, 1.807) is 23.7 Å². The van der Waals surface area contributed by atoms with Gasteiger partial charge in [-0.15, -0.1) is 11.3 Å². The van der Waals surface area contributed by atoms with E-state index in [4.69, 9.17) is 0 Å². The number of nitrogens with one attached hydrogen (secondary N) is 1. The van der Waals surface area contributed by atoms with E-state index < -0.39 is 9.84 Å². The number of anilines is 1. The fourth-order valence-electron chi connectivity index (χ4n) is 1.88. The van der Waals surface area contributed by atoms with E-state index >= 15 is 0 Å². The first-order chi connectivity index (χ1) is 10.5. The average molecular weight is 338 g/mol. The van der Waals surface area contributed by atoms with Crippen LogP contribution in [0.25, 0.3) is 0 Å². The maximum Gasteiger partial charge on any atom is 0.224 e. The molecule has 0 saturated heterocycles. The summed E-state index contributed by atoms with van der Waals surface area (Å²) in [5, 5.41) is 5.07. The van der Waals surface area contributed by atoms with Gasteiger partial charge < -0.3 is 5.32 Å². The summed E-state index contributed by atoms with van der Waals surface area (Å²) < 4.78 is 24.5. The molecule has 22 heavy (non-hydrogen) atoms. The maximum atomic E-state index is 12.3. The Morgan fingerprint density at radius 2 is 2.00 bits per heavy atom. The van der Waals surface area contributed by atoms with E-state index in [9.17, 15) is 13.2 Å². The molecule has 0 fully saturated rings. The highest BCUT2D eigenvalue weighted by atomic mass is 32.2.